The molecule has 6 heteroatoms. The van der Waals surface area contributed by atoms with E-state index in [2.05, 4.69) is 17.1 Å². The summed E-state index contributed by atoms with van der Waals surface area (Å²) in [6.45, 7) is 0. The second-order valence-electron chi connectivity index (χ2n) is 7.05. The zero-order valence-corrected chi connectivity index (χ0v) is 14.8. The molecule has 1 saturated carbocycles. The Morgan fingerprint density at radius 3 is 2.61 bits per heavy atom. The van der Waals surface area contributed by atoms with Gasteiger partial charge in [0.05, 0.1) is 28.8 Å². The molecule has 4 rings (SSSR count). The molecule has 5 nitrogen and oxygen atoms in total. The fourth-order valence-electron chi connectivity index (χ4n) is 3.89. The summed E-state index contributed by atoms with van der Waals surface area (Å²) >= 11 is 0. The van der Waals surface area contributed by atoms with Crippen LogP contribution in [0, 0.1) is 17.2 Å². The van der Waals surface area contributed by atoms with Crippen molar-refractivity contribution in [1.29, 1.82) is 5.26 Å². The van der Waals surface area contributed by atoms with Crippen molar-refractivity contribution in [2.75, 3.05) is 0 Å². The number of carboxylic acid groups (broad SMARTS) is 1. The van der Waals surface area contributed by atoms with Crippen molar-refractivity contribution in [2.24, 2.45) is 5.92 Å². The van der Waals surface area contributed by atoms with Crippen molar-refractivity contribution in [3.63, 3.8) is 0 Å². The summed E-state index contributed by atoms with van der Waals surface area (Å²) in [7, 11) is 0. The molecule has 1 N–H and O–H groups in total. The van der Waals surface area contributed by atoms with Gasteiger partial charge in [-0.1, -0.05) is 18.2 Å². The van der Waals surface area contributed by atoms with E-state index in [0.29, 0.717) is 18.4 Å². The van der Waals surface area contributed by atoms with Gasteiger partial charge < -0.3 is 5.11 Å². The molecule has 0 amide bonds. The van der Waals surface area contributed by atoms with Gasteiger partial charge in [0.15, 0.2) is 0 Å². The minimum atomic E-state index is -0.696. The SMILES string of the molecule is N#Cc1cccc(-c2nc(C3CCC(C(=O)O)CC3)cc3cccnc23)c1.[KH]. The monoisotopic (exact) mass is 397 g/mol. The molecule has 2 heterocycles. The summed E-state index contributed by atoms with van der Waals surface area (Å²) in [4.78, 5) is 20.7. The summed E-state index contributed by atoms with van der Waals surface area (Å²) in [6, 6.07) is 15.6. The van der Waals surface area contributed by atoms with Crippen molar-refractivity contribution in [3.05, 3.63) is 59.9 Å². The number of nitrogens with zero attached hydrogens (tertiary/aromatic N) is 3. The fraction of sp³-hybridized carbons (Fsp3) is 0.273. The first-order valence-electron chi connectivity index (χ1n) is 9.14. The van der Waals surface area contributed by atoms with Gasteiger partial charge in [-0.25, -0.2) is 0 Å². The molecule has 0 aliphatic heterocycles. The third kappa shape index (κ3) is 4.34. The summed E-state index contributed by atoms with van der Waals surface area (Å²) in [5.74, 6) is -0.684. The number of carboxylic acids is 1. The van der Waals surface area contributed by atoms with Crippen molar-refractivity contribution >= 4 is 68.3 Å². The first-order valence-corrected chi connectivity index (χ1v) is 9.14. The van der Waals surface area contributed by atoms with Gasteiger partial charge in [0.25, 0.3) is 0 Å². The first kappa shape index (κ1) is 21.1. The Kier molecular flexibility index (Phi) is 6.97. The predicted molar refractivity (Wildman–Crippen MR) is 109 cm³/mol. The van der Waals surface area contributed by atoms with E-state index in [1.165, 1.54) is 0 Å². The van der Waals surface area contributed by atoms with Crippen LogP contribution in [0.5, 0.6) is 0 Å². The van der Waals surface area contributed by atoms with Crippen LogP contribution < -0.4 is 0 Å². The maximum atomic E-state index is 11.2. The van der Waals surface area contributed by atoms with Gasteiger partial charge in [-0.2, -0.15) is 5.26 Å². The molecule has 1 aromatic carbocycles. The Morgan fingerprint density at radius 1 is 1.11 bits per heavy atom. The number of aliphatic carboxylic acids is 1. The van der Waals surface area contributed by atoms with Gasteiger partial charge in [-0.3, -0.25) is 14.8 Å². The Labute approximate surface area is 206 Å². The number of carbonyl (C=O) groups is 1. The number of aromatic nitrogens is 2. The van der Waals surface area contributed by atoms with Crippen LogP contribution in [-0.4, -0.2) is 72.4 Å². The molecule has 1 aliphatic rings. The molecule has 0 atom stereocenters. The summed E-state index contributed by atoms with van der Waals surface area (Å²) in [5, 5.41) is 19.5. The van der Waals surface area contributed by atoms with E-state index < -0.39 is 5.97 Å². The van der Waals surface area contributed by atoms with Crippen molar-refractivity contribution in [3.8, 4) is 17.3 Å². The quantitative estimate of drug-likeness (QED) is 0.678. The number of nitriles is 1. The molecular formula is C22H20KN3O2. The van der Waals surface area contributed by atoms with Crippen molar-refractivity contribution in [2.45, 2.75) is 31.6 Å². The summed E-state index contributed by atoms with van der Waals surface area (Å²) in [5.41, 5.74) is 4.04. The van der Waals surface area contributed by atoms with E-state index in [9.17, 15) is 15.2 Å². The molecule has 2 aromatic heterocycles. The molecule has 0 bridgehead atoms. The van der Waals surface area contributed by atoms with Crippen LogP contribution in [0.4, 0.5) is 0 Å². The number of pyridine rings is 2. The summed E-state index contributed by atoms with van der Waals surface area (Å²) in [6.07, 6.45) is 4.78. The van der Waals surface area contributed by atoms with Crippen LogP contribution >= 0.6 is 0 Å². The molecule has 0 spiro atoms. The van der Waals surface area contributed by atoms with Crippen molar-refractivity contribution < 1.29 is 9.90 Å². The number of hydrogen-bond donors (Lipinski definition) is 1. The van der Waals surface area contributed by atoms with E-state index in [1.807, 2.05) is 30.3 Å². The van der Waals surface area contributed by atoms with E-state index >= 15 is 0 Å². The normalized spacial score (nSPS) is 18.8. The molecule has 1 fully saturated rings. The Hall–Kier alpha value is -1.62. The molecule has 3 aromatic rings. The van der Waals surface area contributed by atoms with Gasteiger partial charge >= 0.3 is 57.4 Å². The average Bonchev–Trinajstić information content (AvgIpc) is 2.73. The molecule has 0 saturated heterocycles. The Bertz CT molecular complexity index is 1050. The molecule has 0 radical (unpaired) electrons. The zero-order chi connectivity index (χ0) is 18.8. The van der Waals surface area contributed by atoms with Crippen molar-refractivity contribution in [1.82, 2.24) is 9.97 Å². The Morgan fingerprint density at radius 2 is 1.89 bits per heavy atom. The van der Waals surface area contributed by atoms with E-state index in [-0.39, 0.29) is 63.2 Å². The number of hydrogen-bond acceptors (Lipinski definition) is 4. The topological polar surface area (TPSA) is 86.9 Å². The second kappa shape index (κ2) is 9.25. The standard InChI is InChI=1S/C22H19N3O2.K.H/c23-13-14-3-1-4-17(11-14)21-20-18(5-2-10-24-20)12-19(25-21)15-6-8-16(9-7-15)22(26)27;;/h1-5,10-12,15-16H,6-9H2,(H,26,27);;. The number of benzene rings is 1. The third-order valence-electron chi connectivity index (χ3n) is 5.37. The van der Waals surface area contributed by atoms with Crippen LogP contribution in [0.1, 0.15) is 42.9 Å². The molecule has 0 unspecified atom stereocenters. The van der Waals surface area contributed by atoms with Gasteiger partial charge in [0.1, 0.15) is 0 Å². The summed E-state index contributed by atoms with van der Waals surface area (Å²) < 4.78 is 0. The fourth-order valence-corrected chi connectivity index (χ4v) is 3.89. The number of fused-ring (bicyclic) bond motifs is 1. The second-order valence-corrected chi connectivity index (χ2v) is 7.05. The van der Waals surface area contributed by atoms with E-state index in [4.69, 9.17) is 4.98 Å². The van der Waals surface area contributed by atoms with Gasteiger partial charge in [-0.15, -0.1) is 0 Å². The minimum absolute atomic E-state index is 0. The third-order valence-corrected chi connectivity index (χ3v) is 5.37. The van der Waals surface area contributed by atoms with Crippen LogP contribution in [0.2, 0.25) is 0 Å². The van der Waals surface area contributed by atoms with E-state index in [0.717, 1.165) is 40.7 Å². The maximum absolute atomic E-state index is 11.2. The first-order chi connectivity index (χ1) is 13.2. The molecule has 136 valence electrons. The van der Waals surface area contributed by atoms with Gasteiger partial charge in [0.2, 0.25) is 0 Å². The van der Waals surface area contributed by atoms with Gasteiger partial charge in [0, 0.05) is 28.8 Å². The molecular weight excluding hydrogens is 377 g/mol. The number of rotatable bonds is 3. The molecule has 28 heavy (non-hydrogen) atoms. The van der Waals surface area contributed by atoms with E-state index in [1.54, 1.807) is 12.3 Å². The van der Waals surface area contributed by atoms with Crippen LogP contribution in [0.3, 0.4) is 0 Å². The molecule has 1 aliphatic carbocycles. The average molecular weight is 398 g/mol. The van der Waals surface area contributed by atoms with Gasteiger partial charge in [-0.05, 0) is 49.9 Å². The zero-order valence-electron chi connectivity index (χ0n) is 14.8. The van der Waals surface area contributed by atoms with Crippen LogP contribution in [-0.2, 0) is 4.79 Å². The van der Waals surface area contributed by atoms with Crippen LogP contribution in [0.15, 0.2) is 48.7 Å². The van der Waals surface area contributed by atoms with Crippen LogP contribution in [0.25, 0.3) is 22.2 Å². The predicted octanol–water partition coefficient (Wildman–Crippen LogP) is 3.88. The Balaban J connectivity index is 0.00000225.